The first-order chi connectivity index (χ1) is 10.3. The first-order valence-electron chi connectivity index (χ1n) is 9.37. The lowest BCUT2D eigenvalue weighted by molar-refractivity contribution is 0.0345. The van der Waals surface area contributed by atoms with Crippen LogP contribution in [-0.2, 0) is 4.74 Å². The van der Waals surface area contributed by atoms with Gasteiger partial charge >= 0.3 is 0 Å². The Labute approximate surface area is 130 Å². The summed E-state index contributed by atoms with van der Waals surface area (Å²) in [6, 6.07) is 0.834. The summed E-state index contributed by atoms with van der Waals surface area (Å²) in [6.07, 6.45) is 11.5. The van der Waals surface area contributed by atoms with E-state index >= 15 is 0 Å². The molecule has 0 aromatic heterocycles. The van der Waals surface area contributed by atoms with Crippen LogP contribution in [0.3, 0.4) is 0 Å². The van der Waals surface area contributed by atoms with Crippen LogP contribution in [0, 0.1) is 11.8 Å². The van der Waals surface area contributed by atoms with Gasteiger partial charge in [-0.1, -0.05) is 6.92 Å². The minimum atomic E-state index is 0.520. The summed E-state index contributed by atoms with van der Waals surface area (Å²) >= 11 is 0. The van der Waals surface area contributed by atoms with E-state index in [-0.39, 0.29) is 0 Å². The van der Waals surface area contributed by atoms with E-state index in [1.54, 1.807) is 0 Å². The zero-order chi connectivity index (χ0) is 14.5. The molecule has 0 radical (unpaired) electrons. The predicted molar refractivity (Wildman–Crippen MR) is 87.6 cm³/mol. The molecule has 0 aromatic rings. The lowest BCUT2D eigenvalue weighted by Crippen LogP contribution is -2.46. The summed E-state index contributed by atoms with van der Waals surface area (Å²) in [5.74, 6) is 1.86. The normalized spacial score (nSPS) is 35.4. The summed E-state index contributed by atoms with van der Waals surface area (Å²) in [6.45, 7) is 8.38. The topological polar surface area (TPSA) is 24.5 Å². The van der Waals surface area contributed by atoms with Crippen LogP contribution in [0.25, 0.3) is 0 Å². The molecular formula is C18H34N2O. The van der Waals surface area contributed by atoms with Gasteiger partial charge in [0.1, 0.15) is 0 Å². The molecule has 21 heavy (non-hydrogen) atoms. The third-order valence-corrected chi connectivity index (χ3v) is 5.92. The first kappa shape index (κ1) is 15.8. The number of piperidine rings is 1. The van der Waals surface area contributed by atoms with Crippen LogP contribution in [0.4, 0.5) is 0 Å². The summed E-state index contributed by atoms with van der Waals surface area (Å²) in [5, 5.41) is 3.50. The van der Waals surface area contributed by atoms with Gasteiger partial charge in [0.05, 0.1) is 6.10 Å². The minimum absolute atomic E-state index is 0.520. The van der Waals surface area contributed by atoms with Gasteiger partial charge in [0, 0.05) is 25.7 Å². The number of nitrogens with one attached hydrogen (secondary N) is 1. The van der Waals surface area contributed by atoms with E-state index in [1.165, 1.54) is 77.5 Å². The molecule has 3 rings (SSSR count). The maximum absolute atomic E-state index is 5.93. The van der Waals surface area contributed by atoms with Gasteiger partial charge in [-0.15, -0.1) is 0 Å². The highest BCUT2D eigenvalue weighted by atomic mass is 16.5. The molecule has 3 nitrogen and oxygen atoms in total. The average molecular weight is 294 g/mol. The Hall–Kier alpha value is -0.120. The van der Waals surface area contributed by atoms with Crippen molar-refractivity contribution in [1.82, 2.24) is 10.2 Å². The molecule has 0 bridgehead atoms. The van der Waals surface area contributed by atoms with E-state index in [0.29, 0.717) is 6.10 Å². The van der Waals surface area contributed by atoms with Crippen molar-refractivity contribution in [2.24, 2.45) is 11.8 Å². The first-order valence-corrected chi connectivity index (χ1v) is 9.37. The van der Waals surface area contributed by atoms with Gasteiger partial charge in [-0.2, -0.15) is 0 Å². The standard InChI is InChI=1S/C18H34N2O/c1-15-4-6-17(7-5-15)20(14-18-3-2-12-21-18)13-16-8-10-19-11-9-16/h15-19H,2-14H2,1H3. The SMILES string of the molecule is CC1CCC(N(CC2CCNCC2)CC2CCCO2)CC1. The molecule has 2 saturated heterocycles. The van der Waals surface area contributed by atoms with Crippen LogP contribution in [-0.4, -0.2) is 49.8 Å². The van der Waals surface area contributed by atoms with Crippen molar-refractivity contribution in [1.29, 1.82) is 0 Å². The van der Waals surface area contributed by atoms with Crippen LogP contribution < -0.4 is 5.32 Å². The molecular weight excluding hydrogens is 260 g/mol. The third kappa shape index (κ3) is 4.67. The monoisotopic (exact) mass is 294 g/mol. The summed E-state index contributed by atoms with van der Waals surface area (Å²) in [7, 11) is 0. The summed E-state index contributed by atoms with van der Waals surface area (Å²) < 4.78 is 5.93. The van der Waals surface area contributed by atoms with E-state index in [1.807, 2.05) is 0 Å². The second-order valence-corrected chi connectivity index (χ2v) is 7.70. The van der Waals surface area contributed by atoms with E-state index in [2.05, 4.69) is 17.1 Å². The lowest BCUT2D eigenvalue weighted by Gasteiger charge is -2.40. The van der Waals surface area contributed by atoms with Crippen LogP contribution in [0.2, 0.25) is 0 Å². The maximum atomic E-state index is 5.93. The van der Waals surface area contributed by atoms with E-state index in [9.17, 15) is 0 Å². The zero-order valence-electron chi connectivity index (χ0n) is 13.9. The van der Waals surface area contributed by atoms with Crippen LogP contribution in [0.15, 0.2) is 0 Å². The van der Waals surface area contributed by atoms with Crippen molar-refractivity contribution in [3.05, 3.63) is 0 Å². The van der Waals surface area contributed by atoms with Crippen molar-refractivity contribution in [2.75, 3.05) is 32.8 Å². The van der Waals surface area contributed by atoms with E-state index in [0.717, 1.165) is 24.5 Å². The van der Waals surface area contributed by atoms with Gasteiger partial charge < -0.3 is 10.1 Å². The smallest absolute Gasteiger partial charge is 0.0702 e. The summed E-state index contributed by atoms with van der Waals surface area (Å²) in [4.78, 5) is 2.83. The lowest BCUT2D eigenvalue weighted by atomic mass is 9.85. The van der Waals surface area contributed by atoms with Crippen molar-refractivity contribution < 1.29 is 4.74 Å². The third-order valence-electron chi connectivity index (χ3n) is 5.92. The highest BCUT2D eigenvalue weighted by Crippen LogP contribution is 2.29. The van der Waals surface area contributed by atoms with Crippen molar-refractivity contribution in [3.63, 3.8) is 0 Å². The molecule has 2 aliphatic heterocycles. The average Bonchev–Trinajstić information content (AvgIpc) is 3.01. The molecule has 1 N–H and O–H groups in total. The Morgan fingerprint density at radius 3 is 2.38 bits per heavy atom. The molecule has 122 valence electrons. The molecule has 0 aromatic carbocycles. The maximum Gasteiger partial charge on any atom is 0.0702 e. The Kier molecular flexibility index (Phi) is 5.96. The molecule has 1 atom stereocenters. The fourth-order valence-corrected chi connectivity index (χ4v) is 4.43. The highest BCUT2D eigenvalue weighted by molar-refractivity contribution is 4.84. The van der Waals surface area contributed by atoms with E-state index in [4.69, 9.17) is 4.74 Å². The van der Waals surface area contributed by atoms with Crippen molar-refractivity contribution >= 4 is 0 Å². The fourth-order valence-electron chi connectivity index (χ4n) is 4.43. The molecule has 1 saturated carbocycles. The quantitative estimate of drug-likeness (QED) is 0.843. The molecule has 1 unspecified atom stereocenters. The Morgan fingerprint density at radius 2 is 1.71 bits per heavy atom. The Morgan fingerprint density at radius 1 is 0.952 bits per heavy atom. The summed E-state index contributed by atoms with van der Waals surface area (Å²) in [5.41, 5.74) is 0. The van der Waals surface area contributed by atoms with Gasteiger partial charge in [0.15, 0.2) is 0 Å². The van der Waals surface area contributed by atoms with Gasteiger partial charge in [-0.3, -0.25) is 4.90 Å². The predicted octanol–water partition coefficient (Wildman–Crippen LogP) is 3.05. The Bertz CT molecular complexity index is 290. The van der Waals surface area contributed by atoms with Gasteiger partial charge in [0.25, 0.3) is 0 Å². The fraction of sp³-hybridized carbons (Fsp3) is 1.00. The van der Waals surface area contributed by atoms with Gasteiger partial charge in [0.2, 0.25) is 0 Å². The minimum Gasteiger partial charge on any atom is -0.377 e. The number of hydrogen-bond donors (Lipinski definition) is 1. The molecule has 3 aliphatic rings. The second-order valence-electron chi connectivity index (χ2n) is 7.70. The van der Waals surface area contributed by atoms with Crippen molar-refractivity contribution in [2.45, 2.75) is 70.4 Å². The van der Waals surface area contributed by atoms with Crippen LogP contribution in [0.1, 0.15) is 58.3 Å². The largest absolute Gasteiger partial charge is 0.377 e. The molecule has 0 spiro atoms. The van der Waals surface area contributed by atoms with Gasteiger partial charge in [-0.05, 0) is 76.3 Å². The van der Waals surface area contributed by atoms with Crippen molar-refractivity contribution in [3.8, 4) is 0 Å². The molecule has 0 amide bonds. The van der Waals surface area contributed by atoms with Gasteiger partial charge in [-0.25, -0.2) is 0 Å². The van der Waals surface area contributed by atoms with Crippen LogP contribution in [0.5, 0.6) is 0 Å². The highest BCUT2D eigenvalue weighted by Gasteiger charge is 2.29. The number of nitrogens with zero attached hydrogens (tertiary/aromatic N) is 1. The molecule has 3 heteroatoms. The molecule has 2 heterocycles. The number of ether oxygens (including phenoxy) is 1. The van der Waals surface area contributed by atoms with E-state index < -0.39 is 0 Å². The molecule has 3 fully saturated rings. The Balaban J connectivity index is 1.55. The van der Waals surface area contributed by atoms with Crippen LogP contribution >= 0.6 is 0 Å². The number of rotatable bonds is 5. The zero-order valence-corrected chi connectivity index (χ0v) is 13.9. The number of hydrogen-bond acceptors (Lipinski definition) is 3. The second kappa shape index (κ2) is 7.94. The molecule has 1 aliphatic carbocycles.